The topological polar surface area (TPSA) is 60.4 Å². The molecule has 4 nitrogen and oxygen atoms in total. The average Bonchev–Trinajstić information content (AvgIpc) is 2.04. The van der Waals surface area contributed by atoms with E-state index in [1.807, 2.05) is 0 Å². The normalized spacial score (nSPS) is 14.2. The Labute approximate surface area is 83.6 Å². The maximum Gasteiger partial charge on any atom is 0.316 e. The minimum Gasteiger partial charge on any atom is -0.465 e. The number of carbonyl (C=O) groups is 3. The number of ketones is 1. The lowest BCUT2D eigenvalue weighted by Crippen LogP contribution is -2.30. The van der Waals surface area contributed by atoms with Crippen LogP contribution in [0.1, 0.15) is 27.2 Å². The zero-order chi connectivity index (χ0) is 11.1. The van der Waals surface area contributed by atoms with Crippen LogP contribution in [0.15, 0.2) is 0 Å². The van der Waals surface area contributed by atoms with Gasteiger partial charge in [0.2, 0.25) is 0 Å². The maximum absolute atomic E-state index is 11.3. The van der Waals surface area contributed by atoms with Crippen molar-refractivity contribution < 1.29 is 19.1 Å². The first-order valence-corrected chi connectivity index (χ1v) is 4.65. The van der Waals surface area contributed by atoms with Gasteiger partial charge in [-0.1, -0.05) is 6.92 Å². The van der Waals surface area contributed by atoms with Crippen LogP contribution < -0.4 is 0 Å². The second-order valence-corrected chi connectivity index (χ2v) is 3.22. The van der Waals surface area contributed by atoms with E-state index in [-0.39, 0.29) is 24.7 Å². The van der Waals surface area contributed by atoms with E-state index in [4.69, 9.17) is 4.74 Å². The van der Waals surface area contributed by atoms with Crippen LogP contribution in [-0.2, 0) is 19.1 Å². The molecule has 0 bridgehead atoms. The van der Waals surface area contributed by atoms with Gasteiger partial charge in [0.05, 0.1) is 6.61 Å². The maximum atomic E-state index is 11.3. The first-order chi connectivity index (χ1) is 6.54. The van der Waals surface area contributed by atoms with E-state index in [0.717, 1.165) is 0 Å². The van der Waals surface area contributed by atoms with Gasteiger partial charge < -0.3 is 9.53 Å². The molecule has 14 heavy (non-hydrogen) atoms. The average molecular weight is 200 g/mol. The van der Waals surface area contributed by atoms with Crippen LogP contribution in [-0.4, -0.2) is 24.6 Å². The summed E-state index contributed by atoms with van der Waals surface area (Å²) in [6.07, 6.45) is 0.906. The highest BCUT2D eigenvalue weighted by atomic mass is 16.5. The van der Waals surface area contributed by atoms with Crippen molar-refractivity contribution in [1.29, 1.82) is 0 Å². The highest BCUT2D eigenvalue weighted by Gasteiger charge is 2.30. The third-order valence-corrected chi connectivity index (χ3v) is 2.02. The van der Waals surface area contributed by atoms with Gasteiger partial charge in [-0.25, -0.2) is 0 Å². The molecular formula is C10H16O4. The first kappa shape index (κ1) is 12.8. The molecule has 0 rings (SSSR count). The third-order valence-electron chi connectivity index (χ3n) is 2.02. The van der Waals surface area contributed by atoms with E-state index >= 15 is 0 Å². The fourth-order valence-electron chi connectivity index (χ4n) is 1.32. The molecule has 0 spiro atoms. The highest BCUT2D eigenvalue weighted by molar-refractivity contribution is 5.98. The van der Waals surface area contributed by atoms with Gasteiger partial charge in [-0.15, -0.1) is 0 Å². The van der Waals surface area contributed by atoms with Crippen molar-refractivity contribution in [2.75, 3.05) is 6.61 Å². The first-order valence-electron chi connectivity index (χ1n) is 4.65. The zero-order valence-corrected chi connectivity index (χ0v) is 8.78. The van der Waals surface area contributed by atoms with Crippen LogP contribution in [0.2, 0.25) is 0 Å². The van der Waals surface area contributed by atoms with Crippen LogP contribution in [0, 0.1) is 11.8 Å². The number of hydrogen-bond acceptors (Lipinski definition) is 4. The number of hydrogen-bond donors (Lipinski definition) is 0. The lowest BCUT2D eigenvalue weighted by molar-refractivity contribution is -0.153. The quantitative estimate of drug-likeness (QED) is 0.364. The van der Waals surface area contributed by atoms with E-state index in [0.29, 0.717) is 6.29 Å². The number of rotatable bonds is 6. The van der Waals surface area contributed by atoms with Crippen molar-refractivity contribution >= 4 is 18.0 Å². The highest BCUT2D eigenvalue weighted by Crippen LogP contribution is 2.17. The van der Waals surface area contributed by atoms with Gasteiger partial charge in [0.25, 0.3) is 0 Å². The summed E-state index contributed by atoms with van der Waals surface area (Å²) in [5, 5.41) is 0. The van der Waals surface area contributed by atoms with Gasteiger partial charge in [-0.05, 0) is 19.8 Å². The van der Waals surface area contributed by atoms with Gasteiger partial charge in [0, 0.05) is 6.42 Å². The molecule has 0 heterocycles. The van der Waals surface area contributed by atoms with E-state index < -0.39 is 11.9 Å². The Balaban J connectivity index is 4.49. The molecule has 0 aromatic rings. The molecular weight excluding hydrogens is 184 g/mol. The number of ether oxygens (including phenoxy) is 1. The van der Waals surface area contributed by atoms with E-state index in [9.17, 15) is 14.4 Å². The van der Waals surface area contributed by atoms with E-state index in [1.54, 1.807) is 13.8 Å². The lowest BCUT2D eigenvalue weighted by atomic mass is 9.89. The molecule has 0 aromatic heterocycles. The van der Waals surface area contributed by atoms with Crippen molar-refractivity contribution in [3.05, 3.63) is 0 Å². The fourth-order valence-corrected chi connectivity index (χ4v) is 1.32. The SMILES string of the molecule is CCOC(=O)C(C(C)=O)C(C)CC=O. The van der Waals surface area contributed by atoms with Crippen molar-refractivity contribution in [2.24, 2.45) is 11.8 Å². The fraction of sp³-hybridized carbons (Fsp3) is 0.700. The van der Waals surface area contributed by atoms with E-state index in [1.165, 1.54) is 6.92 Å². The molecule has 4 heteroatoms. The van der Waals surface area contributed by atoms with Crippen LogP contribution >= 0.6 is 0 Å². The Morgan fingerprint density at radius 3 is 2.36 bits per heavy atom. The van der Waals surface area contributed by atoms with Gasteiger partial charge in [-0.3, -0.25) is 9.59 Å². The van der Waals surface area contributed by atoms with Gasteiger partial charge in [-0.2, -0.15) is 0 Å². The van der Waals surface area contributed by atoms with Crippen LogP contribution in [0.5, 0.6) is 0 Å². The Bertz CT molecular complexity index is 222. The molecule has 0 amide bonds. The van der Waals surface area contributed by atoms with Crippen LogP contribution in [0.25, 0.3) is 0 Å². The summed E-state index contributed by atoms with van der Waals surface area (Å²) in [5.41, 5.74) is 0. The monoisotopic (exact) mass is 200 g/mol. The Morgan fingerprint density at radius 2 is 2.00 bits per heavy atom. The molecule has 0 saturated carbocycles. The summed E-state index contributed by atoms with van der Waals surface area (Å²) < 4.78 is 4.76. The Kier molecular flexibility index (Phi) is 5.76. The largest absolute Gasteiger partial charge is 0.465 e. The van der Waals surface area contributed by atoms with E-state index in [2.05, 4.69) is 0 Å². The Hall–Kier alpha value is -1.19. The molecule has 0 fully saturated rings. The molecule has 2 unspecified atom stereocenters. The smallest absolute Gasteiger partial charge is 0.316 e. The lowest BCUT2D eigenvalue weighted by Gasteiger charge is -2.17. The van der Waals surface area contributed by atoms with Gasteiger partial charge in [0.15, 0.2) is 0 Å². The molecule has 80 valence electrons. The molecule has 0 aliphatic carbocycles. The number of Topliss-reactive ketones (excluding diaryl/α,β-unsaturated/α-hetero) is 1. The molecule has 0 N–H and O–H groups in total. The van der Waals surface area contributed by atoms with Crippen LogP contribution in [0.4, 0.5) is 0 Å². The molecule has 0 saturated heterocycles. The zero-order valence-electron chi connectivity index (χ0n) is 8.78. The summed E-state index contributed by atoms with van der Waals surface area (Å²) >= 11 is 0. The standard InChI is InChI=1S/C10H16O4/c1-4-14-10(13)9(8(3)12)7(2)5-6-11/h6-7,9H,4-5H2,1-3H3. The van der Waals surface area contributed by atoms with Crippen molar-refractivity contribution in [3.8, 4) is 0 Å². The molecule has 0 aliphatic rings. The minimum atomic E-state index is -0.805. The molecule has 0 aromatic carbocycles. The summed E-state index contributed by atoms with van der Waals surface area (Å²) in [4.78, 5) is 32.8. The second-order valence-electron chi connectivity index (χ2n) is 3.22. The molecule has 0 radical (unpaired) electrons. The summed E-state index contributed by atoms with van der Waals surface area (Å²) in [7, 11) is 0. The van der Waals surface area contributed by atoms with Crippen molar-refractivity contribution in [1.82, 2.24) is 0 Å². The van der Waals surface area contributed by atoms with Gasteiger partial charge in [0.1, 0.15) is 18.0 Å². The number of carbonyl (C=O) groups excluding carboxylic acids is 3. The van der Waals surface area contributed by atoms with Crippen molar-refractivity contribution in [3.63, 3.8) is 0 Å². The van der Waals surface area contributed by atoms with Crippen LogP contribution in [0.3, 0.4) is 0 Å². The molecule has 2 atom stereocenters. The number of esters is 1. The summed E-state index contributed by atoms with van der Waals surface area (Å²) in [6, 6.07) is 0. The van der Waals surface area contributed by atoms with Gasteiger partial charge >= 0.3 is 5.97 Å². The summed E-state index contributed by atoms with van der Waals surface area (Å²) in [5.74, 6) is -1.88. The predicted octanol–water partition coefficient (Wildman–Crippen LogP) is 0.980. The third kappa shape index (κ3) is 3.68. The number of aldehydes is 1. The second kappa shape index (κ2) is 6.29. The molecule has 0 aliphatic heterocycles. The minimum absolute atomic E-state index is 0.197. The predicted molar refractivity (Wildman–Crippen MR) is 50.6 cm³/mol. The summed E-state index contributed by atoms with van der Waals surface area (Å²) in [6.45, 7) is 4.95. The van der Waals surface area contributed by atoms with Crippen molar-refractivity contribution in [2.45, 2.75) is 27.2 Å². The Morgan fingerprint density at radius 1 is 1.43 bits per heavy atom.